The van der Waals surface area contributed by atoms with E-state index in [0.717, 1.165) is 18.1 Å². The number of likely N-dealkylation sites (N-methyl/N-ethyl adjacent to an activating group) is 1. The van der Waals surface area contributed by atoms with Gasteiger partial charge in [0.15, 0.2) is 0 Å². The van der Waals surface area contributed by atoms with Crippen LogP contribution in [0, 0.1) is 5.92 Å². The molecule has 0 radical (unpaired) electrons. The van der Waals surface area contributed by atoms with Gasteiger partial charge in [0, 0.05) is 34.1 Å². The number of fused-ring (bicyclic) bond motifs is 1. The molecule has 1 unspecified atom stereocenters. The fourth-order valence-electron chi connectivity index (χ4n) is 2.31. The molecule has 2 nitrogen and oxygen atoms in total. The van der Waals surface area contributed by atoms with Gasteiger partial charge in [0.25, 0.3) is 0 Å². The number of hydrogen-bond donors (Lipinski definition) is 1. The maximum Gasteiger partial charge on any atom is 0.0636 e. The molecule has 20 heavy (non-hydrogen) atoms. The fraction of sp³-hybridized carbons (Fsp3) is 0.500. The van der Waals surface area contributed by atoms with Crippen molar-refractivity contribution in [2.75, 3.05) is 20.6 Å². The van der Waals surface area contributed by atoms with Crippen molar-refractivity contribution in [2.45, 2.75) is 26.4 Å². The lowest BCUT2D eigenvalue weighted by molar-refractivity contribution is 0.288. The molecule has 1 aromatic carbocycles. The van der Waals surface area contributed by atoms with Gasteiger partial charge < -0.3 is 10.2 Å². The van der Waals surface area contributed by atoms with Gasteiger partial charge in [-0.05, 0) is 26.1 Å². The molecule has 4 heteroatoms. The van der Waals surface area contributed by atoms with E-state index in [1.807, 2.05) is 6.07 Å². The van der Waals surface area contributed by atoms with Gasteiger partial charge in [-0.25, -0.2) is 0 Å². The van der Waals surface area contributed by atoms with Gasteiger partial charge in [-0.3, -0.25) is 0 Å². The molecule has 0 saturated heterocycles. The maximum absolute atomic E-state index is 6.49. The monoisotopic (exact) mass is 310 g/mol. The standard InChI is InChI=1S/C16H23ClN2S/c1-11(2)13(10-19(3)4)18-9-15-16(17)12-7-5-6-8-14(12)20-15/h5-8,11,13,18H,9-10H2,1-4H3. The molecule has 110 valence electrons. The van der Waals surface area contributed by atoms with Crippen molar-refractivity contribution in [3.05, 3.63) is 34.2 Å². The first-order valence-electron chi connectivity index (χ1n) is 7.03. The molecular weight excluding hydrogens is 288 g/mol. The van der Waals surface area contributed by atoms with Gasteiger partial charge in [0.1, 0.15) is 0 Å². The summed E-state index contributed by atoms with van der Waals surface area (Å²) in [6, 6.07) is 8.81. The topological polar surface area (TPSA) is 15.3 Å². The molecule has 0 fully saturated rings. The van der Waals surface area contributed by atoms with E-state index in [4.69, 9.17) is 11.6 Å². The normalized spacial score (nSPS) is 13.6. The molecule has 0 amide bonds. The second kappa shape index (κ2) is 6.90. The van der Waals surface area contributed by atoms with Crippen LogP contribution < -0.4 is 5.32 Å². The lowest BCUT2D eigenvalue weighted by Gasteiger charge is -2.25. The van der Waals surface area contributed by atoms with E-state index in [9.17, 15) is 0 Å². The smallest absolute Gasteiger partial charge is 0.0636 e. The Balaban J connectivity index is 2.09. The van der Waals surface area contributed by atoms with Crippen LogP contribution in [-0.4, -0.2) is 31.6 Å². The molecule has 0 saturated carbocycles. The van der Waals surface area contributed by atoms with Gasteiger partial charge in [-0.15, -0.1) is 11.3 Å². The van der Waals surface area contributed by atoms with Crippen LogP contribution in [0.5, 0.6) is 0 Å². The van der Waals surface area contributed by atoms with E-state index >= 15 is 0 Å². The maximum atomic E-state index is 6.49. The van der Waals surface area contributed by atoms with E-state index in [1.54, 1.807) is 11.3 Å². The van der Waals surface area contributed by atoms with E-state index in [1.165, 1.54) is 15.0 Å². The first-order valence-corrected chi connectivity index (χ1v) is 8.22. The summed E-state index contributed by atoms with van der Waals surface area (Å²) in [5.41, 5.74) is 0. The molecule has 1 aromatic heterocycles. The van der Waals surface area contributed by atoms with Crippen LogP contribution in [0.15, 0.2) is 24.3 Å². The number of nitrogens with one attached hydrogen (secondary N) is 1. The summed E-state index contributed by atoms with van der Waals surface area (Å²) in [4.78, 5) is 3.46. The average Bonchev–Trinajstić information content (AvgIpc) is 2.71. The fourth-order valence-corrected chi connectivity index (χ4v) is 3.76. The Labute approximate surface area is 130 Å². The van der Waals surface area contributed by atoms with Gasteiger partial charge in [-0.2, -0.15) is 0 Å². The highest BCUT2D eigenvalue weighted by Crippen LogP contribution is 2.35. The number of thiophene rings is 1. The lowest BCUT2D eigenvalue weighted by Crippen LogP contribution is -2.41. The number of rotatable bonds is 6. The Bertz CT molecular complexity index is 563. The van der Waals surface area contributed by atoms with E-state index in [-0.39, 0.29) is 0 Å². The molecule has 2 rings (SSSR count). The molecule has 1 atom stereocenters. The van der Waals surface area contributed by atoms with Crippen molar-refractivity contribution in [2.24, 2.45) is 5.92 Å². The Morgan fingerprint density at radius 3 is 2.55 bits per heavy atom. The molecule has 0 aliphatic carbocycles. The number of hydrogen-bond acceptors (Lipinski definition) is 3. The zero-order valence-corrected chi connectivity index (χ0v) is 14.2. The highest BCUT2D eigenvalue weighted by molar-refractivity contribution is 7.19. The van der Waals surface area contributed by atoms with Crippen molar-refractivity contribution in [1.29, 1.82) is 0 Å². The second-order valence-electron chi connectivity index (χ2n) is 5.83. The summed E-state index contributed by atoms with van der Waals surface area (Å²) < 4.78 is 1.27. The zero-order chi connectivity index (χ0) is 14.7. The molecular formula is C16H23ClN2S. The molecule has 2 aromatic rings. The Kier molecular flexibility index (Phi) is 5.44. The van der Waals surface area contributed by atoms with Gasteiger partial charge in [-0.1, -0.05) is 43.6 Å². The Hall–Kier alpha value is -0.610. The van der Waals surface area contributed by atoms with E-state index in [0.29, 0.717) is 12.0 Å². The Morgan fingerprint density at radius 2 is 1.95 bits per heavy atom. The van der Waals surface area contributed by atoms with Gasteiger partial charge in [0.05, 0.1) is 5.02 Å². The predicted molar refractivity (Wildman–Crippen MR) is 90.9 cm³/mol. The minimum atomic E-state index is 0.478. The van der Waals surface area contributed by atoms with Crippen LogP contribution in [0.1, 0.15) is 18.7 Å². The highest BCUT2D eigenvalue weighted by atomic mass is 35.5. The second-order valence-corrected chi connectivity index (χ2v) is 7.34. The van der Waals surface area contributed by atoms with Gasteiger partial charge in [0.2, 0.25) is 0 Å². The quantitative estimate of drug-likeness (QED) is 0.859. The average molecular weight is 311 g/mol. The van der Waals surface area contributed by atoms with Crippen molar-refractivity contribution in [3.63, 3.8) is 0 Å². The summed E-state index contributed by atoms with van der Waals surface area (Å²) in [5, 5.41) is 5.73. The van der Waals surface area contributed by atoms with Crippen LogP contribution in [0.2, 0.25) is 5.02 Å². The van der Waals surface area contributed by atoms with Crippen LogP contribution in [0.25, 0.3) is 10.1 Å². The minimum absolute atomic E-state index is 0.478. The van der Waals surface area contributed by atoms with Crippen molar-refractivity contribution < 1.29 is 0 Å². The van der Waals surface area contributed by atoms with Crippen LogP contribution in [0.4, 0.5) is 0 Å². The zero-order valence-electron chi connectivity index (χ0n) is 12.6. The number of halogens is 1. The summed E-state index contributed by atoms with van der Waals surface area (Å²) in [5.74, 6) is 0.602. The summed E-state index contributed by atoms with van der Waals surface area (Å²) in [6.07, 6.45) is 0. The van der Waals surface area contributed by atoms with Gasteiger partial charge >= 0.3 is 0 Å². The molecule has 0 spiro atoms. The molecule has 0 bridgehead atoms. The van der Waals surface area contributed by atoms with E-state index in [2.05, 4.69) is 56.4 Å². The molecule has 1 N–H and O–H groups in total. The first-order chi connectivity index (χ1) is 9.49. The molecule has 0 aliphatic heterocycles. The largest absolute Gasteiger partial charge is 0.308 e. The van der Waals surface area contributed by atoms with Crippen LogP contribution in [0.3, 0.4) is 0 Å². The van der Waals surface area contributed by atoms with Crippen molar-refractivity contribution >= 4 is 33.0 Å². The third kappa shape index (κ3) is 3.73. The minimum Gasteiger partial charge on any atom is -0.308 e. The molecule has 0 aliphatic rings. The first kappa shape index (κ1) is 15.8. The SMILES string of the molecule is CC(C)C(CN(C)C)NCc1sc2ccccc2c1Cl. The predicted octanol–water partition coefficient (Wildman–Crippen LogP) is 4.23. The highest BCUT2D eigenvalue weighted by Gasteiger charge is 2.16. The summed E-state index contributed by atoms with van der Waals surface area (Å²) in [6.45, 7) is 6.40. The Morgan fingerprint density at radius 1 is 1.25 bits per heavy atom. The lowest BCUT2D eigenvalue weighted by atomic mass is 10.0. The number of nitrogens with zero attached hydrogens (tertiary/aromatic N) is 1. The number of benzene rings is 1. The van der Waals surface area contributed by atoms with E-state index < -0.39 is 0 Å². The summed E-state index contributed by atoms with van der Waals surface area (Å²) >= 11 is 8.27. The van der Waals surface area contributed by atoms with Crippen molar-refractivity contribution in [3.8, 4) is 0 Å². The van der Waals surface area contributed by atoms with Crippen LogP contribution >= 0.6 is 22.9 Å². The van der Waals surface area contributed by atoms with Crippen molar-refractivity contribution in [1.82, 2.24) is 10.2 Å². The van der Waals surface area contributed by atoms with Crippen LogP contribution in [-0.2, 0) is 6.54 Å². The molecule has 1 heterocycles. The summed E-state index contributed by atoms with van der Waals surface area (Å²) in [7, 11) is 4.23. The third-order valence-corrected chi connectivity index (χ3v) is 5.21. The third-order valence-electron chi connectivity index (χ3n) is 3.49.